The van der Waals surface area contributed by atoms with E-state index in [1.54, 1.807) is 25.1 Å². The third kappa shape index (κ3) is 7.61. The van der Waals surface area contributed by atoms with E-state index in [-0.39, 0.29) is 54.9 Å². The van der Waals surface area contributed by atoms with E-state index in [0.717, 1.165) is 0 Å². The minimum atomic E-state index is -0.374. The molecule has 0 aromatic carbocycles. The quantitative estimate of drug-likeness (QED) is 0.719. The summed E-state index contributed by atoms with van der Waals surface area (Å²) in [6.45, 7) is 2.07. The van der Waals surface area contributed by atoms with E-state index in [9.17, 15) is 9.59 Å². The molecule has 0 spiro atoms. The van der Waals surface area contributed by atoms with E-state index in [4.69, 9.17) is 5.73 Å². The topological polar surface area (TPSA) is 97.1 Å². The molecule has 0 saturated heterocycles. The summed E-state index contributed by atoms with van der Waals surface area (Å²) >= 11 is 0. The lowest BCUT2D eigenvalue weighted by molar-refractivity contribution is -0.120. The van der Waals surface area contributed by atoms with Gasteiger partial charge in [-0.2, -0.15) is 0 Å². The van der Waals surface area contributed by atoms with Gasteiger partial charge in [0.25, 0.3) is 5.91 Å². The standard InChI is InChI=1S/C11H16N4O2.2ClH/c1-8(6-12)15-10(16)7-14-11(17)9-4-2-3-5-13-9;;/h2-5,8H,6-7,12H2,1H3,(H,14,17)(H,15,16);2*1H/t8-;;/m0../s1. The van der Waals surface area contributed by atoms with Crippen LogP contribution in [-0.2, 0) is 4.79 Å². The molecule has 1 atom stereocenters. The van der Waals surface area contributed by atoms with E-state index < -0.39 is 0 Å². The molecule has 4 N–H and O–H groups in total. The fourth-order valence-corrected chi connectivity index (χ4v) is 1.13. The predicted octanol–water partition coefficient (Wildman–Crippen LogP) is 0.118. The molecular formula is C11H18Cl2N4O2. The lowest BCUT2D eigenvalue weighted by Crippen LogP contribution is -2.43. The maximum absolute atomic E-state index is 11.5. The summed E-state index contributed by atoms with van der Waals surface area (Å²) in [6.07, 6.45) is 1.52. The Morgan fingerprint density at radius 1 is 1.37 bits per heavy atom. The molecule has 1 aromatic rings. The second-order valence-corrected chi connectivity index (χ2v) is 3.60. The predicted molar refractivity (Wildman–Crippen MR) is 77.7 cm³/mol. The molecule has 0 aliphatic carbocycles. The van der Waals surface area contributed by atoms with Gasteiger partial charge in [0.2, 0.25) is 5.91 Å². The Balaban J connectivity index is 0. The zero-order valence-electron chi connectivity index (χ0n) is 10.5. The average Bonchev–Trinajstić information content (AvgIpc) is 2.36. The normalized spacial score (nSPS) is 10.4. The lowest BCUT2D eigenvalue weighted by atomic mass is 10.3. The van der Waals surface area contributed by atoms with Crippen molar-refractivity contribution in [3.8, 4) is 0 Å². The Bertz CT molecular complexity index is 390. The van der Waals surface area contributed by atoms with E-state index in [0.29, 0.717) is 6.54 Å². The molecule has 1 aromatic heterocycles. The number of pyridine rings is 1. The monoisotopic (exact) mass is 308 g/mol. The van der Waals surface area contributed by atoms with Crippen LogP contribution in [0.5, 0.6) is 0 Å². The molecule has 0 fully saturated rings. The zero-order valence-corrected chi connectivity index (χ0v) is 12.1. The number of carbonyl (C=O) groups is 2. The zero-order chi connectivity index (χ0) is 12.7. The molecule has 8 heteroatoms. The number of hydrogen-bond donors (Lipinski definition) is 3. The van der Waals surface area contributed by atoms with E-state index in [1.165, 1.54) is 6.20 Å². The van der Waals surface area contributed by atoms with E-state index >= 15 is 0 Å². The first-order valence-electron chi connectivity index (χ1n) is 5.32. The summed E-state index contributed by atoms with van der Waals surface area (Å²) < 4.78 is 0. The van der Waals surface area contributed by atoms with Gasteiger partial charge < -0.3 is 16.4 Å². The summed E-state index contributed by atoms with van der Waals surface area (Å²) in [5.74, 6) is -0.645. The Morgan fingerprint density at radius 3 is 2.58 bits per heavy atom. The Kier molecular flexibility index (Phi) is 11.1. The van der Waals surface area contributed by atoms with Gasteiger partial charge in [-0.15, -0.1) is 24.8 Å². The molecule has 1 rings (SSSR count). The van der Waals surface area contributed by atoms with Gasteiger partial charge in [-0.25, -0.2) is 0 Å². The SMILES string of the molecule is C[C@@H](CN)NC(=O)CNC(=O)c1ccccn1.Cl.Cl. The van der Waals surface area contributed by atoms with Gasteiger partial charge in [-0.1, -0.05) is 6.07 Å². The lowest BCUT2D eigenvalue weighted by Gasteiger charge is -2.11. The van der Waals surface area contributed by atoms with Crippen LogP contribution in [0.4, 0.5) is 0 Å². The summed E-state index contributed by atoms with van der Waals surface area (Å²) in [7, 11) is 0. The third-order valence-electron chi connectivity index (χ3n) is 2.07. The molecule has 0 aliphatic heterocycles. The highest BCUT2D eigenvalue weighted by Crippen LogP contribution is 1.92. The highest BCUT2D eigenvalue weighted by molar-refractivity contribution is 5.94. The van der Waals surface area contributed by atoms with Crippen LogP contribution in [0.1, 0.15) is 17.4 Å². The number of hydrogen-bond acceptors (Lipinski definition) is 4. The van der Waals surface area contributed by atoms with Gasteiger partial charge in [0, 0.05) is 18.8 Å². The summed E-state index contributed by atoms with van der Waals surface area (Å²) in [4.78, 5) is 26.7. The number of amides is 2. The minimum Gasteiger partial charge on any atom is -0.351 e. The van der Waals surface area contributed by atoms with E-state index in [1.807, 2.05) is 0 Å². The number of carbonyl (C=O) groups excluding carboxylic acids is 2. The van der Waals surface area contributed by atoms with Gasteiger partial charge in [-0.05, 0) is 19.1 Å². The average molecular weight is 309 g/mol. The largest absolute Gasteiger partial charge is 0.351 e. The second kappa shape index (κ2) is 10.5. The van der Waals surface area contributed by atoms with E-state index in [2.05, 4.69) is 15.6 Å². The summed E-state index contributed by atoms with van der Waals surface area (Å²) in [5, 5.41) is 5.11. The molecule has 1 heterocycles. The van der Waals surface area contributed by atoms with Crippen molar-refractivity contribution >= 4 is 36.6 Å². The molecule has 2 amide bonds. The Morgan fingerprint density at radius 2 is 2.05 bits per heavy atom. The first-order chi connectivity index (χ1) is 8.13. The number of aromatic nitrogens is 1. The van der Waals surface area contributed by atoms with Crippen molar-refractivity contribution in [2.75, 3.05) is 13.1 Å². The van der Waals surface area contributed by atoms with Gasteiger partial charge >= 0.3 is 0 Å². The van der Waals surface area contributed by atoms with Gasteiger partial charge in [0.15, 0.2) is 0 Å². The van der Waals surface area contributed by atoms with Crippen LogP contribution in [-0.4, -0.2) is 35.9 Å². The molecule has 6 nitrogen and oxygen atoms in total. The smallest absolute Gasteiger partial charge is 0.270 e. The number of nitrogens with zero attached hydrogens (tertiary/aromatic N) is 1. The first-order valence-corrected chi connectivity index (χ1v) is 5.32. The maximum atomic E-state index is 11.5. The number of nitrogens with two attached hydrogens (primary N) is 1. The molecule has 0 radical (unpaired) electrons. The van der Waals surface area contributed by atoms with Crippen LogP contribution in [0.15, 0.2) is 24.4 Å². The van der Waals surface area contributed by atoms with Crippen LogP contribution < -0.4 is 16.4 Å². The second-order valence-electron chi connectivity index (χ2n) is 3.60. The first kappa shape index (κ1) is 20.0. The third-order valence-corrected chi connectivity index (χ3v) is 2.07. The fraction of sp³-hybridized carbons (Fsp3) is 0.364. The van der Waals surface area contributed by atoms with Crippen LogP contribution in [0.2, 0.25) is 0 Å². The van der Waals surface area contributed by atoms with Crippen LogP contribution >= 0.6 is 24.8 Å². The molecule has 0 aliphatic rings. The van der Waals surface area contributed by atoms with Crippen LogP contribution in [0.25, 0.3) is 0 Å². The van der Waals surface area contributed by atoms with Crippen molar-refractivity contribution in [2.24, 2.45) is 5.73 Å². The highest BCUT2D eigenvalue weighted by atomic mass is 35.5. The number of halogens is 2. The Labute approximate surface area is 124 Å². The van der Waals surface area contributed by atoms with Gasteiger partial charge in [0.1, 0.15) is 5.69 Å². The van der Waals surface area contributed by atoms with Crippen LogP contribution in [0, 0.1) is 0 Å². The molecule has 0 unspecified atom stereocenters. The summed E-state index contributed by atoms with van der Waals surface area (Å²) in [6, 6.07) is 4.90. The van der Waals surface area contributed by atoms with Gasteiger partial charge in [0.05, 0.1) is 6.54 Å². The van der Waals surface area contributed by atoms with Crippen molar-refractivity contribution in [2.45, 2.75) is 13.0 Å². The van der Waals surface area contributed by atoms with Gasteiger partial charge in [-0.3, -0.25) is 14.6 Å². The van der Waals surface area contributed by atoms with Crippen molar-refractivity contribution in [3.63, 3.8) is 0 Å². The molecule has 108 valence electrons. The molecule has 0 bridgehead atoms. The number of rotatable bonds is 5. The van der Waals surface area contributed by atoms with Crippen LogP contribution in [0.3, 0.4) is 0 Å². The molecule has 0 saturated carbocycles. The molecular weight excluding hydrogens is 291 g/mol. The van der Waals surface area contributed by atoms with Crippen molar-refractivity contribution in [1.29, 1.82) is 0 Å². The summed E-state index contributed by atoms with van der Waals surface area (Å²) in [5.41, 5.74) is 5.64. The minimum absolute atomic E-state index is 0. The Hall–Kier alpha value is -1.37. The van der Waals surface area contributed by atoms with Crippen molar-refractivity contribution in [1.82, 2.24) is 15.6 Å². The fourth-order valence-electron chi connectivity index (χ4n) is 1.13. The molecule has 19 heavy (non-hydrogen) atoms. The van der Waals surface area contributed by atoms with Crippen molar-refractivity contribution < 1.29 is 9.59 Å². The van der Waals surface area contributed by atoms with Crippen molar-refractivity contribution in [3.05, 3.63) is 30.1 Å². The highest BCUT2D eigenvalue weighted by Gasteiger charge is 2.09. The number of nitrogens with one attached hydrogen (secondary N) is 2. The maximum Gasteiger partial charge on any atom is 0.270 e.